The van der Waals surface area contributed by atoms with E-state index in [1.165, 1.54) is 27.2 Å². The zero-order valence-corrected chi connectivity index (χ0v) is 18.4. The van der Waals surface area contributed by atoms with Gasteiger partial charge in [0.15, 0.2) is 0 Å². The van der Waals surface area contributed by atoms with Gasteiger partial charge in [-0.15, -0.1) is 0 Å². The number of fused-ring (bicyclic) bond motifs is 1. The average molecular weight is 433 g/mol. The first-order valence-corrected chi connectivity index (χ1v) is 11.5. The number of hydrogen-bond donors (Lipinski definition) is 0. The summed E-state index contributed by atoms with van der Waals surface area (Å²) in [7, 11) is -1.73. The minimum atomic E-state index is -3.71. The fourth-order valence-electron chi connectivity index (χ4n) is 3.65. The molecule has 0 N–H and O–H groups in total. The largest absolute Gasteiger partial charge is 0.373 e. The number of anilines is 1. The summed E-state index contributed by atoms with van der Waals surface area (Å²) in [6.07, 6.45) is 1.27. The van der Waals surface area contributed by atoms with Gasteiger partial charge in [-0.1, -0.05) is 32.0 Å². The number of carbonyl (C=O) groups is 1. The summed E-state index contributed by atoms with van der Waals surface area (Å²) in [6.45, 7) is 5.63. The number of carbonyl (C=O) groups excluding carboxylic acids is 1. The van der Waals surface area contributed by atoms with E-state index in [0.29, 0.717) is 32.7 Å². The molecule has 0 unspecified atom stereocenters. The van der Waals surface area contributed by atoms with Gasteiger partial charge in [-0.05, 0) is 17.7 Å². The number of likely N-dealkylation sites (N-methyl/N-ethyl adjacent to an activating group) is 1. The Hall–Kier alpha value is -2.65. The highest BCUT2D eigenvalue weighted by atomic mass is 32.2. The standard InChI is InChI=1S/C21H28N4O4S/c1-4-25(5-2)30(28,29)18-10-11-20(26)24(15-18)16-21(27)23-13-12-22(3)19-9-7-6-8-17(19)14-23/h6-11,15H,4-5,12-14,16H2,1-3H3. The third kappa shape index (κ3) is 4.41. The number of pyridine rings is 1. The van der Waals surface area contributed by atoms with Crippen LogP contribution in [0.15, 0.2) is 52.3 Å². The zero-order chi connectivity index (χ0) is 21.9. The van der Waals surface area contributed by atoms with E-state index in [1.54, 1.807) is 18.7 Å². The predicted molar refractivity (Wildman–Crippen MR) is 116 cm³/mol. The summed E-state index contributed by atoms with van der Waals surface area (Å²) in [5, 5.41) is 0. The Balaban J connectivity index is 1.84. The van der Waals surface area contributed by atoms with Crippen molar-refractivity contribution in [3.63, 3.8) is 0 Å². The number of benzene rings is 1. The predicted octanol–water partition coefficient (Wildman–Crippen LogP) is 1.36. The van der Waals surface area contributed by atoms with Crippen molar-refractivity contribution in [3.05, 3.63) is 58.5 Å². The Bertz CT molecular complexity index is 1080. The lowest BCUT2D eigenvalue weighted by atomic mass is 10.1. The Morgan fingerprint density at radius 1 is 1.07 bits per heavy atom. The van der Waals surface area contributed by atoms with E-state index in [2.05, 4.69) is 4.90 Å². The number of nitrogens with zero attached hydrogens (tertiary/aromatic N) is 4. The van der Waals surface area contributed by atoms with E-state index in [9.17, 15) is 18.0 Å². The molecular formula is C21H28N4O4S. The minimum absolute atomic E-state index is 0.0135. The van der Waals surface area contributed by atoms with Crippen LogP contribution in [0, 0.1) is 0 Å². The van der Waals surface area contributed by atoms with Crippen LogP contribution in [-0.4, -0.2) is 61.3 Å². The number of aromatic nitrogens is 1. The number of para-hydroxylation sites is 1. The molecule has 0 aliphatic carbocycles. The molecule has 2 aromatic rings. The smallest absolute Gasteiger partial charge is 0.251 e. The van der Waals surface area contributed by atoms with Gasteiger partial charge in [0.2, 0.25) is 15.9 Å². The Morgan fingerprint density at radius 2 is 1.77 bits per heavy atom. The van der Waals surface area contributed by atoms with Gasteiger partial charge in [-0.25, -0.2) is 8.42 Å². The fraction of sp³-hybridized carbons (Fsp3) is 0.429. The first kappa shape index (κ1) is 22.0. The number of rotatable bonds is 6. The minimum Gasteiger partial charge on any atom is -0.373 e. The van der Waals surface area contributed by atoms with Crippen LogP contribution in [0.4, 0.5) is 5.69 Å². The van der Waals surface area contributed by atoms with Crippen LogP contribution in [0.1, 0.15) is 19.4 Å². The lowest BCUT2D eigenvalue weighted by Crippen LogP contribution is -2.38. The van der Waals surface area contributed by atoms with Crippen LogP contribution in [0.25, 0.3) is 0 Å². The van der Waals surface area contributed by atoms with Gasteiger partial charge < -0.3 is 14.4 Å². The van der Waals surface area contributed by atoms with E-state index < -0.39 is 15.6 Å². The van der Waals surface area contributed by atoms with E-state index in [4.69, 9.17) is 0 Å². The van der Waals surface area contributed by atoms with Gasteiger partial charge in [0, 0.05) is 57.7 Å². The molecule has 0 saturated heterocycles. The zero-order valence-electron chi connectivity index (χ0n) is 17.6. The first-order valence-electron chi connectivity index (χ1n) is 10.0. The van der Waals surface area contributed by atoms with E-state index in [1.807, 2.05) is 31.3 Å². The number of amides is 1. The van der Waals surface area contributed by atoms with Gasteiger partial charge in [-0.2, -0.15) is 4.31 Å². The molecule has 3 rings (SSSR count). The van der Waals surface area contributed by atoms with Crippen molar-refractivity contribution in [1.82, 2.24) is 13.8 Å². The van der Waals surface area contributed by atoms with E-state index >= 15 is 0 Å². The molecule has 0 bridgehead atoms. The van der Waals surface area contributed by atoms with Gasteiger partial charge in [0.05, 0.1) is 4.90 Å². The summed E-state index contributed by atoms with van der Waals surface area (Å²) in [5.41, 5.74) is 1.71. The molecule has 0 spiro atoms. The van der Waals surface area contributed by atoms with Crippen molar-refractivity contribution in [2.75, 3.05) is 38.1 Å². The summed E-state index contributed by atoms with van der Waals surface area (Å²) in [5.74, 6) is -0.223. The van der Waals surface area contributed by atoms with E-state index in [0.717, 1.165) is 11.3 Å². The molecule has 1 aromatic carbocycles. The Morgan fingerprint density at radius 3 is 2.47 bits per heavy atom. The van der Waals surface area contributed by atoms with Crippen molar-refractivity contribution in [3.8, 4) is 0 Å². The van der Waals surface area contributed by atoms with Gasteiger partial charge in [0.1, 0.15) is 6.54 Å². The second kappa shape index (κ2) is 9.01. The maximum atomic E-state index is 13.0. The SMILES string of the molecule is CCN(CC)S(=O)(=O)c1ccc(=O)n(CC(=O)N2CCN(C)c3ccccc3C2)c1. The van der Waals surface area contributed by atoms with Gasteiger partial charge in [0.25, 0.3) is 5.56 Å². The molecule has 0 fully saturated rings. The van der Waals surface area contributed by atoms with Crippen LogP contribution < -0.4 is 10.5 Å². The normalized spacial score (nSPS) is 14.5. The van der Waals surface area contributed by atoms with Crippen molar-refractivity contribution in [2.24, 2.45) is 0 Å². The van der Waals surface area contributed by atoms with Crippen molar-refractivity contribution < 1.29 is 13.2 Å². The molecule has 9 heteroatoms. The van der Waals surface area contributed by atoms with Gasteiger partial charge in [-0.3, -0.25) is 9.59 Å². The van der Waals surface area contributed by atoms with Crippen molar-refractivity contribution in [1.29, 1.82) is 0 Å². The fourth-order valence-corrected chi connectivity index (χ4v) is 5.13. The maximum absolute atomic E-state index is 13.0. The Kier molecular flexibility index (Phi) is 6.62. The van der Waals surface area contributed by atoms with Crippen LogP contribution in [0.2, 0.25) is 0 Å². The third-order valence-corrected chi connectivity index (χ3v) is 7.46. The van der Waals surface area contributed by atoms with Crippen molar-refractivity contribution in [2.45, 2.75) is 31.8 Å². The molecule has 1 amide bonds. The summed E-state index contributed by atoms with van der Waals surface area (Å²) >= 11 is 0. The molecular weight excluding hydrogens is 404 g/mol. The van der Waals surface area contributed by atoms with Crippen LogP contribution in [-0.2, 0) is 27.9 Å². The molecule has 1 aliphatic rings. The molecule has 1 aliphatic heterocycles. The van der Waals surface area contributed by atoms with Crippen LogP contribution in [0.5, 0.6) is 0 Å². The lowest BCUT2D eigenvalue weighted by Gasteiger charge is -2.22. The highest BCUT2D eigenvalue weighted by Crippen LogP contribution is 2.23. The van der Waals surface area contributed by atoms with Gasteiger partial charge >= 0.3 is 0 Å². The second-order valence-corrected chi connectivity index (χ2v) is 9.22. The third-order valence-electron chi connectivity index (χ3n) is 5.43. The molecule has 162 valence electrons. The second-order valence-electron chi connectivity index (χ2n) is 7.29. The lowest BCUT2D eigenvalue weighted by molar-refractivity contribution is -0.132. The molecule has 0 saturated carbocycles. The monoisotopic (exact) mass is 432 g/mol. The number of hydrogen-bond acceptors (Lipinski definition) is 5. The first-order chi connectivity index (χ1) is 14.3. The molecule has 2 heterocycles. The topological polar surface area (TPSA) is 82.9 Å². The van der Waals surface area contributed by atoms with Crippen LogP contribution in [0.3, 0.4) is 0 Å². The molecule has 0 radical (unpaired) electrons. The molecule has 0 atom stereocenters. The number of sulfonamides is 1. The molecule has 8 nitrogen and oxygen atoms in total. The van der Waals surface area contributed by atoms with Crippen LogP contribution >= 0.6 is 0 Å². The van der Waals surface area contributed by atoms with Crippen molar-refractivity contribution >= 4 is 21.6 Å². The summed E-state index contributed by atoms with van der Waals surface area (Å²) in [6, 6.07) is 10.4. The quantitative estimate of drug-likeness (QED) is 0.688. The van der Waals surface area contributed by atoms with E-state index in [-0.39, 0.29) is 17.3 Å². The average Bonchev–Trinajstić information content (AvgIpc) is 2.89. The highest BCUT2D eigenvalue weighted by molar-refractivity contribution is 7.89. The molecule has 1 aromatic heterocycles. The molecule has 30 heavy (non-hydrogen) atoms. The highest BCUT2D eigenvalue weighted by Gasteiger charge is 2.24. The summed E-state index contributed by atoms with van der Waals surface area (Å²) < 4.78 is 28.0. The maximum Gasteiger partial charge on any atom is 0.251 e. The Labute approximate surface area is 177 Å². The summed E-state index contributed by atoms with van der Waals surface area (Å²) in [4.78, 5) is 29.1.